The highest BCUT2D eigenvalue weighted by Crippen LogP contribution is 2.38. The van der Waals surface area contributed by atoms with Gasteiger partial charge in [0.1, 0.15) is 11.5 Å². The third kappa shape index (κ3) is 3.45. The van der Waals surface area contributed by atoms with Gasteiger partial charge in [-0.2, -0.15) is 0 Å². The minimum absolute atomic E-state index is 0.166. The summed E-state index contributed by atoms with van der Waals surface area (Å²) in [5, 5.41) is 1.05. The molecule has 1 atom stereocenters. The maximum Gasteiger partial charge on any atom is 0.347 e. The Morgan fingerprint density at radius 1 is 1.27 bits per heavy atom. The number of hydrogen-bond donors (Lipinski definition) is 0. The minimum Gasteiger partial charge on any atom is -0.479 e. The summed E-state index contributed by atoms with van der Waals surface area (Å²) in [6, 6.07) is 11.4. The fourth-order valence-corrected chi connectivity index (χ4v) is 3.69. The lowest BCUT2D eigenvalue weighted by Crippen LogP contribution is -2.26. The number of carbonyl (C=O) groups excluding carboxylic acids is 2. The van der Waals surface area contributed by atoms with Crippen LogP contribution in [0.15, 0.2) is 48.4 Å². The van der Waals surface area contributed by atoms with Gasteiger partial charge in [-0.15, -0.1) is 0 Å². The van der Waals surface area contributed by atoms with Gasteiger partial charge in [0, 0.05) is 35.8 Å². The fraction of sp³-hybridized carbons (Fsp3) is 0.250. The van der Waals surface area contributed by atoms with Gasteiger partial charge in [-0.1, -0.05) is 18.2 Å². The molecule has 0 N–H and O–H groups in total. The van der Waals surface area contributed by atoms with Crippen molar-refractivity contribution in [3.63, 3.8) is 0 Å². The zero-order chi connectivity index (χ0) is 21.4. The number of aromatic nitrogens is 1. The van der Waals surface area contributed by atoms with Gasteiger partial charge in [0.15, 0.2) is 11.9 Å². The molecule has 4 rings (SSSR count). The largest absolute Gasteiger partial charge is 0.479 e. The number of esters is 1. The average Bonchev–Trinajstić information content (AvgIpc) is 3.19. The highest BCUT2D eigenvalue weighted by atomic mass is 16.6. The lowest BCUT2D eigenvalue weighted by Gasteiger charge is -2.14. The molecule has 1 unspecified atom stereocenters. The maximum absolute atomic E-state index is 13.0. The minimum atomic E-state index is -0.759. The highest BCUT2D eigenvalue weighted by molar-refractivity contribution is 6.16. The number of benzene rings is 2. The van der Waals surface area contributed by atoms with Crippen LogP contribution in [0.2, 0.25) is 0 Å². The summed E-state index contributed by atoms with van der Waals surface area (Å²) in [5.74, 6) is 0.535. The number of rotatable bonds is 5. The molecule has 0 fully saturated rings. The van der Waals surface area contributed by atoms with Crippen molar-refractivity contribution in [2.24, 2.45) is 7.05 Å². The first kappa shape index (κ1) is 19.8. The van der Waals surface area contributed by atoms with Crippen molar-refractivity contribution in [3.05, 3.63) is 65.0 Å². The fourth-order valence-electron chi connectivity index (χ4n) is 3.69. The zero-order valence-electron chi connectivity index (χ0n) is 17.4. The predicted octanol–water partition coefficient (Wildman–Crippen LogP) is 4.43. The van der Waals surface area contributed by atoms with E-state index in [9.17, 15) is 9.59 Å². The summed E-state index contributed by atoms with van der Waals surface area (Å²) in [6.45, 7) is 5.48. The van der Waals surface area contributed by atoms with Crippen molar-refractivity contribution in [1.82, 2.24) is 4.57 Å². The number of ketones is 1. The Kier molecular flexibility index (Phi) is 5.08. The molecule has 2 heterocycles. The summed E-state index contributed by atoms with van der Waals surface area (Å²) < 4.78 is 18.6. The number of para-hydroxylation sites is 1. The van der Waals surface area contributed by atoms with Crippen LogP contribution in [0.1, 0.15) is 35.3 Å². The molecule has 6 nitrogen and oxygen atoms in total. The summed E-state index contributed by atoms with van der Waals surface area (Å²) in [5.41, 5.74) is 3.23. The Morgan fingerprint density at radius 3 is 2.80 bits per heavy atom. The van der Waals surface area contributed by atoms with Crippen molar-refractivity contribution in [3.8, 4) is 11.5 Å². The molecule has 2 aromatic carbocycles. The van der Waals surface area contributed by atoms with Crippen LogP contribution in [0.4, 0.5) is 0 Å². The zero-order valence-corrected chi connectivity index (χ0v) is 17.4. The number of hydrogen-bond acceptors (Lipinski definition) is 5. The van der Waals surface area contributed by atoms with Gasteiger partial charge in [0.25, 0.3) is 0 Å². The van der Waals surface area contributed by atoms with Gasteiger partial charge >= 0.3 is 5.97 Å². The molecule has 0 aliphatic carbocycles. The third-order valence-electron chi connectivity index (χ3n) is 5.09. The van der Waals surface area contributed by atoms with Crippen LogP contribution in [0.25, 0.3) is 17.0 Å². The first-order valence-corrected chi connectivity index (χ1v) is 9.85. The van der Waals surface area contributed by atoms with E-state index in [0.29, 0.717) is 17.1 Å². The van der Waals surface area contributed by atoms with Gasteiger partial charge in [0.05, 0.1) is 12.2 Å². The molecule has 0 saturated heterocycles. The van der Waals surface area contributed by atoms with Crippen molar-refractivity contribution in [1.29, 1.82) is 0 Å². The molecule has 0 spiro atoms. The van der Waals surface area contributed by atoms with Crippen molar-refractivity contribution >= 4 is 28.7 Å². The number of allylic oxidation sites excluding steroid dienone is 1. The van der Waals surface area contributed by atoms with E-state index in [1.54, 1.807) is 32.1 Å². The Bertz CT molecular complexity index is 1190. The van der Waals surface area contributed by atoms with Gasteiger partial charge in [-0.05, 0) is 44.5 Å². The van der Waals surface area contributed by atoms with E-state index in [1.807, 2.05) is 49.0 Å². The molecule has 30 heavy (non-hydrogen) atoms. The van der Waals surface area contributed by atoms with Gasteiger partial charge in [-0.25, -0.2) is 4.79 Å². The van der Waals surface area contributed by atoms with Crippen molar-refractivity contribution < 1.29 is 23.8 Å². The number of fused-ring (bicyclic) bond motifs is 2. The first-order chi connectivity index (χ1) is 14.4. The molecule has 6 heteroatoms. The Balaban J connectivity index is 1.65. The van der Waals surface area contributed by atoms with E-state index in [4.69, 9.17) is 14.2 Å². The van der Waals surface area contributed by atoms with E-state index >= 15 is 0 Å². The smallest absolute Gasteiger partial charge is 0.347 e. The molecule has 3 aromatic rings. The SMILES string of the molecule is CCOC(=O)C(C)Oc1cc(C)c2c(c1)O/C(=C\c1cn(C)c3ccccc13)C2=O. The normalized spacial score (nSPS) is 15.2. The average molecular weight is 405 g/mol. The first-order valence-electron chi connectivity index (χ1n) is 9.85. The van der Waals surface area contributed by atoms with E-state index in [1.165, 1.54) is 0 Å². The highest BCUT2D eigenvalue weighted by Gasteiger charge is 2.31. The number of aryl methyl sites for hydroxylation is 2. The van der Waals surface area contributed by atoms with Crippen LogP contribution in [0, 0.1) is 6.92 Å². The maximum atomic E-state index is 13.0. The molecule has 1 aliphatic rings. The Labute approximate surface area is 174 Å². The van der Waals surface area contributed by atoms with E-state index in [2.05, 4.69) is 0 Å². The van der Waals surface area contributed by atoms with Gasteiger partial charge in [-0.3, -0.25) is 4.79 Å². The van der Waals surface area contributed by atoms with Crippen molar-refractivity contribution in [2.75, 3.05) is 6.61 Å². The van der Waals surface area contributed by atoms with Crippen molar-refractivity contribution in [2.45, 2.75) is 26.9 Å². The standard InChI is InChI=1S/C24H23NO5/c1-5-28-24(27)15(3)29-17-10-14(2)22-20(12-17)30-21(23(22)26)11-16-13-25(4)19-9-7-6-8-18(16)19/h6-13,15H,5H2,1-4H3/b21-11-. The number of nitrogens with zero attached hydrogens (tertiary/aromatic N) is 1. The van der Waals surface area contributed by atoms with E-state index in [-0.39, 0.29) is 18.1 Å². The van der Waals surface area contributed by atoms with E-state index in [0.717, 1.165) is 22.0 Å². The predicted molar refractivity (Wildman–Crippen MR) is 114 cm³/mol. The summed E-state index contributed by atoms with van der Waals surface area (Å²) >= 11 is 0. The summed E-state index contributed by atoms with van der Waals surface area (Å²) in [4.78, 5) is 24.8. The molecule has 1 aromatic heterocycles. The van der Waals surface area contributed by atoms with Crippen LogP contribution in [0.3, 0.4) is 0 Å². The second kappa shape index (κ2) is 7.71. The van der Waals surface area contributed by atoms with Crippen LogP contribution < -0.4 is 9.47 Å². The molecule has 1 aliphatic heterocycles. The molecular formula is C24H23NO5. The molecule has 0 bridgehead atoms. The van der Waals surface area contributed by atoms with Crippen LogP contribution in [0.5, 0.6) is 11.5 Å². The van der Waals surface area contributed by atoms with Gasteiger partial charge < -0.3 is 18.8 Å². The Morgan fingerprint density at radius 2 is 2.03 bits per heavy atom. The van der Waals surface area contributed by atoms with Crippen LogP contribution in [-0.4, -0.2) is 29.0 Å². The molecule has 0 saturated carbocycles. The molecule has 0 radical (unpaired) electrons. The number of ether oxygens (including phenoxy) is 3. The second-order valence-corrected chi connectivity index (χ2v) is 7.28. The van der Waals surface area contributed by atoms with Crippen LogP contribution >= 0.6 is 0 Å². The summed E-state index contributed by atoms with van der Waals surface area (Å²) in [7, 11) is 1.97. The van der Waals surface area contributed by atoms with Gasteiger partial charge in [0.2, 0.25) is 5.78 Å². The summed E-state index contributed by atoms with van der Waals surface area (Å²) in [6.07, 6.45) is 2.98. The number of Topliss-reactive ketones (excluding diaryl/α,β-unsaturated/α-hetero) is 1. The Hall–Kier alpha value is -3.54. The second-order valence-electron chi connectivity index (χ2n) is 7.28. The molecular weight excluding hydrogens is 382 g/mol. The van der Waals surface area contributed by atoms with Crippen LogP contribution in [-0.2, 0) is 16.6 Å². The molecule has 0 amide bonds. The topological polar surface area (TPSA) is 66.8 Å². The van der Waals surface area contributed by atoms with E-state index < -0.39 is 12.1 Å². The molecule has 154 valence electrons. The quantitative estimate of drug-likeness (QED) is 0.464. The lowest BCUT2D eigenvalue weighted by molar-refractivity contribution is -0.150. The lowest BCUT2D eigenvalue weighted by atomic mass is 10.0. The number of carbonyl (C=O) groups is 2. The monoisotopic (exact) mass is 405 g/mol. The third-order valence-corrected chi connectivity index (χ3v) is 5.09.